The molecular weight excluding hydrogens is 400 g/mol. The fourth-order valence-electron chi connectivity index (χ4n) is 2.93. The number of benzene rings is 1. The molecule has 0 unspecified atom stereocenters. The van der Waals surface area contributed by atoms with E-state index in [9.17, 15) is 13.6 Å². The number of hydrogen-bond donors (Lipinski definition) is 1. The molecule has 150 valence electrons. The lowest BCUT2D eigenvalue weighted by atomic mass is 10.00. The first-order valence-electron chi connectivity index (χ1n) is 9.50. The predicted octanol–water partition coefficient (Wildman–Crippen LogP) is 6.41. The molecule has 0 radical (unpaired) electrons. The van der Waals surface area contributed by atoms with E-state index in [1.165, 1.54) is 18.6 Å². The van der Waals surface area contributed by atoms with Gasteiger partial charge in [-0.3, -0.25) is 4.79 Å². The normalized spacial score (nSPS) is 14.1. The number of hydrogen-bond acceptors (Lipinski definition) is 4. The summed E-state index contributed by atoms with van der Waals surface area (Å²) in [7, 11) is 0. The van der Waals surface area contributed by atoms with Crippen LogP contribution in [0, 0.1) is 11.6 Å². The zero-order chi connectivity index (χ0) is 19.9. The molecule has 1 aliphatic carbocycles. The Balaban J connectivity index is 1.66. The highest BCUT2D eigenvalue weighted by atomic mass is 32.2. The van der Waals surface area contributed by atoms with Crippen LogP contribution in [0.2, 0.25) is 0 Å². The number of pyridine rings is 1. The lowest BCUT2D eigenvalue weighted by molar-refractivity contribution is -0.137. The quantitative estimate of drug-likeness (QED) is 0.353. The second-order valence-electron chi connectivity index (χ2n) is 6.85. The molecule has 1 N–H and O–H groups in total. The van der Waals surface area contributed by atoms with E-state index in [4.69, 9.17) is 5.11 Å². The van der Waals surface area contributed by atoms with Gasteiger partial charge in [0.2, 0.25) is 0 Å². The Morgan fingerprint density at radius 2 is 1.93 bits per heavy atom. The molecule has 1 fully saturated rings. The predicted molar refractivity (Wildman–Crippen MR) is 110 cm³/mol. The van der Waals surface area contributed by atoms with E-state index < -0.39 is 17.6 Å². The number of halogens is 2. The molecule has 28 heavy (non-hydrogen) atoms. The third kappa shape index (κ3) is 5.70. The van der Waals surface area contributed by atoms with Crippen LogP contribution in [-0.4, -0.2) is 27.1 Å². The van der Waals surface area contributed by atoms with E-state index >= 15 is 0 Å². The molecule has 1 aromatic heterocycles. The highest BCUT2D eigenvalue weighted by Gasteiger charge is 2.22. The Labute approximate surface area is 172 Å². The Morgan fingerprint density at radius 3 is 2.57 bits per heavy atom. The van der Waals surface area contributed by atoms with Crippen LogP contribution in [-0.2, 0) is 4.79 Å². The lowest BCUT2D eigenvalue weighted by Crippen LogP contribution is -2.13. The van der Waals surface area contributed by atoms with E-state index in [1.54, 1.807) is 24.0 Å². The third-order valence-electron chi connectivity index (χ3n) is 4.69. The molecule has 0 atom stereocenters. The standard InChI is InChI=1S/C21H23F2NO2S2/c22-17-12-14(16-8-5-10-24-21(16)28-15-6-4-7-15)13-18(23)20(17)27-11-3-1-2-9-19(25)26/h5,8,10,12-13,15H,1-4,6-7,9,11H2,(H,25,26). The van der Waals surface area contributed by atoms with Crippen molar-refractivity contribution in [1.82, 2.24) is 4.98 Å². The monoisotopic (exact) mass is 423 g/mol. The molecule has 3 rings (SSSR count). The van der Waals surface area contributed by atoms with Crippen LogP contribution in [0.15, 0.2) is 40.4 Å². The highest BCUT2D eigenvalue weighted by molar-refractivity contribution is 8.00. The number of carboxylic acids is 1. The number of carboxylic acid groups (broad SMARTS) is 1. The van der Waals surface area contributed by atoms with Crippen molar-refractivity contribution in [1.29, 1.82) is 0 Å². The van der Waals surface area contributed by atoms with Crippen molar-refractivity contribution in [2.75, 3.05) is 5.75 Å². The zero-order valence-electron chi connectivity index (χ0n) is 15.5. The van der Waals surface area contributed by atoms with E-state index in [2.05, 4.69) is 4.98 Å². The van der Waals surface area contributed by atoms with Crippen molar-refractivity contribution in [3.05, 3.63) is 42.1 Å². The Bertz CT molecular complexity index is 805. The van der Waals surface area contributed by atoms with Crippen LogP contribution < -0.4 is 0 Å². The summed E-state index contributed by atoms with van der Waals surface area (Å²) >= 11 is 2.83. The summed E-state index contributed by atoms with van der Waals surface area (Å²) in [5.41, 5.74) is 1.28. The number of nitrogens with zero attached hydrogens (tertiary/aromatic N) is 1. The number of unbranched alkanes of at least 4 members (excludes halogenated alkanes) is 2. The van der Waals surface area contributed by atoms with Crippen LogP contribution in [0.1, 0.15) is 44.9 Å². The SMILES string of the molecule is O=C(O)CCCCCSc1c(F)cc(-c2cccnc2SC2CCC2)cc1F. The average Bonchev–Trinajstić information content (AvgIpc) is 2.62. The average molecular weight is 424 g/mol. The van der Waals surface area contributed by atoms with Crippen molar-refractivity contribution in [3.8, 4) is 11.1 Å². The van der Waals surface area contributed by atoms with Crippen LogP contribution >= 0.6 is 23.5 Å². The Kier molecular flexibility index (Phi) is 7.73. The van der Waals surface area contributed by atoms with Gasteiger partial charge in [-0.05, 0) is 55.2 Å². The summed E-state index contributed by atoms with van der Waals surface area (Å²) in [6.45, 7) is 0. The summed E-state index contributed by atoms with van der Waals surface area (Å²) < 4.78 is 29.2. The maximum absolute atomic E-state index is 14.6. The van der Waals surface area contributed by atoms with E-state index in [-0.39, 0.29) is 11.3 Å². The van der Waals surface area contributed by atoms with Gasteiger partial charge in [0.05, 0.1) is 4.90 Å². The van der Waals surface area contributed by atoms with Crippen molar-refractivity contribution >= 4 is 29.5 Å². The fourth-order valence-corrected chi connectivity index (χ4v) is 5.20. The molecule has 2 aromatic rings. The van der Waals surface area contributed by atoms with Crippen LogP contribution in [0.3, 0.4) is 0 Å². The van der Waals surface area contributed by atoms with E-state index in [0.29, 0.717) is 23.0 Å². The molecule has 7 heteroatoms. The molecule has 0 bridgehead atoms. The number of aliphatic carboxylic acids is 1. The topological polar surface area (TPSA) is 50.2 Å². The Morgan fingerprint density at radius 1 is 1.18 bits per heavy atom. The van der Waals surface area contributed by atoms with Gasteiger partial charge >= 0.3 is 5.97 Å². The summed E-state index contributed by atoms with van der Waals surface area (Å²) in [6, 6.07) is 6.42. The molecule has 0 saturated heterocycles. The number of rotatable bonds is 10. The smallest absolute Gasteiger partial charge is 0.303 e. The van der Waals surface area contributed by atoms with Gasteiger partial charge in [0, 0.05) is 23.4 Å². The second-order valence-corrected chi connectivity index (χ2v) is 9.24. The van der Waals surface area contributed by atoms with Gasteiger partial charge in [0.25, 0.3) is 0 Å². The lowest BCUT2D eigenvalue weighted by Gasteiger charge is -2.25. The van der Waals surface area contributed by atoms with Gasteiger partial charge < -0.3 is 5.11 Å². The summed E-state index contributed by atoms with van der Waals surface area (Å²) in [6.07, 6.45) is 7.44. The summed E-state index contributed by atoms with van der Waals surface area (Å²) in [5.74, 6) is -1.38. The maximum Gasteiger partial charge on any atom is 0.303 e. The first-order chi connectivity index (χ1) is 13.5. The van der Waals surface area contributed by atoms with Gasteiger partial charge in [-0.1, -0.05) is 18.9 Å². The van der Waals surface area contributed by atoms with Crippen molar-refractivity contribution in [3.63, 3.8) is 0 Å². The maximum atomic E-state index is 14.6. The molecule has 0 spiro atoms. The molecule has 1 heterocycles. The molecule has 1 aromatic carbocycles. The van der Waals surface area contributed by atoms with Crippen LogP contribution in [0.4, 0.5) is 8.78 Å². The van der Waals surface area contributed by atoms with Gasteiger partial charge in [-0.15, -0.1) is 23.5 Å². The number of aromatic nitrogens is 1. The molecule has 3 nitrogen and oxygen atoms in total. The van der Waals surface area contributed by atoms with E-state index in [1.807, 2.05) is 6.07 Å². The van der Waals surface area contributed by atoms with Gasteiger partial charge in [-0.25, -0.2) is 13.8 Å². The molecule has 1 aliphatic rings. The minimum Gasteiger partial charge on any atom is -0.481 e. The summed E-state index contributed by atoms with van der Waals surface area (Å²) in [5, 5.41) is 9.98. The minimum atomic E-state index is -0.814. The van der Waals surface area contributed by atoms with Crippen molar-refractivity contribution in [2.24, 2.45) is 0 Å². The summed E-state index contributed by atoms with van der Waals surface area (Å²) in [4.78, 5) is 14.9. The largest absolute Gasteiger partial charge is 0.481 e. The minimum absolute atomic E-state index is 0.0269. The second kappa shape index (κ2) is 10.3. The number of carbonyl (C=O) groups is 1. The highest BCUT2D eigenvalue weighted by Crippen LogP contribution is 2.40. The van der Waals surface area contributed by atoms with E-state index in [0.717, 1.165) is 48.0 Å². The molecular formula is C21H23F2NO2S2. The van der Waals surface area contributed by atoms with Gasteiger partial charge in [-0.2, -0.15) is 0 Å². The fraction of sp³-hybridized carbons (Fsp3) is 0.429. The third-order valence-corrected chi connectivity index (χ3v) is 7.22. The van der Waals surface area contributed by atoms with Crippen molar-refractivity contribution < 1.29 is 18.7 Å². The van der Waals surface area contributed by atoms with Gasteiger partial charge in [0.1, 0.15) is 16.7 Å². The zero-order valence-corrected chi connectivity index (χ0v) is 17.1. The molecule has 1 saturated carbocycles. The first-order valence-corrected chi connectivity index (χ1v) is 11.4. The Hall–Kier alpha value is -1.60. The number of thioether (sulfide) groups is 2. The molecule has 0 aliphatic heterocycles. The van der Waals surface area contributed by atoms with Crippen LogP contribution in [0.5, 0.6) is 0 Å². The first kappa shape index (κ1) is 21.1. The van der Waals surface area contributed by atoms with Gasteiger partial charge in [0.15, 0.2) is 0 Å². The van der Waals surface area contributed by atoms with Crippen molar-refractivity contribution in [2.45, 2.75) is 60.1 Å². The van der Waals surface area contributed by atoms with Crippen LogP contribution in [0.25, 0.3) is 11.1 Å². The molecule has 0 amide bonds.